The van der Waals surface area contributed by atoms with Gasteiger partial charge >= 0.3 is 24.2 Å². The predicted octanol–water partition coefficient (Wildman–Crippen LogP) is 8.15. The van der Waals surface area contributed by atoms with Crippen molar-refractivity contribution < 1.29 is 53.5 Å². The van der Waals surface area contributed by atoms with Gasteiger partial charge in [-0.2, -0.15) is 39.5 Å². The lowest BCUT2D eigenvalue weighted by Crippen LogP contribution is -2.50. The minimum atomic E-state index is -6.66. The first-order valence-electron chi connectivity index (χ1n) is 10.3. The van der Waals surface area contributed by atoms with E-state index in [9.17, 15) is 53.5 Å². The summed E-state index contributed by atoms with van der Waals surface area (Å²) in [4.78, 5) is 28.8. The van der Waals surface area contributed by atoms with Gasteiger partial charge in [0, 0.05) is 26.6 Å². The molecule has 214 valence electrons. The minimum absolute atomic E-state index is 0.00810. The van der Waals surface area contributed by atoms with Crippen molar-refractivity contribution in [1.29, 1.82) is 0 Å². The Kier molecular flexibility index (Phi) is 8.65. The Balaban J connectivity index is 1.98. The van der Waals surface area contributed by atoms with Gasteiger partial charge in [-0.05, 0) is 65.1 Å². The summed E-state index contributed by atoms with van der Waals surface area (Å²) in [7, 11) is 0. The van der Waals surface area contributed by atoms with Crippen molar-refractivity contribution in [2.45, 2.75) is 24.2 Å². The van der Waals surface area contributed by atoms with Crippen molar-refractivity contribution in [3.63, 3.8) is 0 Å². The highest BCUT2D eigenvalue weighted by Crippen LogP contribution is 2.54. The zero-order chi connectivity index (χ0) is 30.3. The number of aromatic nitrogens is 1. The van der Waals surface area contributed by atoms with Gasteiger partial charge in [0.15, 0.2) is 0 Å². The molecule has 0 unspecified atom stereocenters. The van der Waals surface area contributed by atoms with Crippen LogP contribution in [0.25, 0.3) is 0 Å². The van der Waals surface area contributed by atoms with Gasteiger partial charge in [0.2, 0.25) is 0 Å². The van der Waals surface area contributed by atoms with Crippen LogP contribution in [0.1, 0.15) is 31.8 Å². The first kappa shape index (κ1) is 31.4. The standard InChI is InChI=1S/C23H11ClF10IN3O2/c24-16-5-4-11(9-36-16)19(40)37-13-3-1-2-10(6-13)18(39)38-17-14(21(26,27)28)7-12(8-15(17)35)20(25,22(29,30)31)23(32,33)34/h1-9H,(H,37,40)(H,38,39). The number of carbonyl (C=O) groups is 2. The molecule has 0 spiro atoms. The summed E-state index contributed by atoms with van der Waals surface area (Å²) in [6.45, 7) is 0. The van der Waals surface area contributed by atoms with E-state index >= 15 is 0 Å². The molecule has 0 bridgehead atoms. The van der Waals surface area contributed by atoms with E-state index < -0.39 is 62.5 Å². The van der Waals surface area contributed by atoms with E-state index in [0.29, 0.717) is 0 Å². The number of alkyl halides is 10. The van der Waals surface area contributed by atoms with Crippen LogP contribution in [0, 0.1) is 3.57 Å². The van der Waals surface area contributed by atoms with Gasteiger partial charge in [0.1, 0.15) is 5.15 Å². The van der Waals surface area contributed by atoms with E-state index in [2.05, 4.69) is 10.3 Å². The molecular formula is C23H11ClF10IN3O2. The van der Waals surface area contributed by atoms with Crippen LogP contribution >= 0.6 is 34.2 Å². The molecule has 0 atom stereocenters. The first-order valence-corrected chi connectivity index (χ1v) is 11.8. The van der Waals surface area contributed by atoms with E-state index in [1.54, 1.807) is 5.32 Å². The third kappa shape index (κ3) is 6.42. The maximum Gasteiger partial charge on any atom is 0.435 e. The van der Waals surface area contributed by atoms with Gasteiger partial charge in [0.25, 0.3) is 11.8 Å². The van der Waals surface area contributed by atoms with Gasteiger partial charge in [-0.25, -0.2) is 9.37 Å². The molecule has 2 aromatic carbocycles. The number of rotatable bonds is 5. The Bertz CT molecular complexity index is 1430. The van der Waals surface area contributed by atoms with E-state index in [0.717, 1.165) is 40.9 Å². The monoisotopic (exact) mass is 713 g/mol. The van der Waals surface area contributed by atoms with Gasteiger partial charge in [-0.1, -0.05) is 17.7 Å². The molecule has 0 radical (unpaired) electrons. The zero-order valence-corrected chi connectivity index (χ0v) is 21.9. The second-order valence-corrected chi connectivity index (χ2v) is 9.44. The van der Waals surface area contributed by atoms with E-state index in [-0.39, 0.29) is 28.0 Å². The molecule has 1 aromatic heterocycles. The highest BCUT2D eigenvalue weighted by atomic mass is 127. The predicted molar refractivity (Wildman–Crippen MR) is 131 cm³/mol. The lowest BCUT2D eigenvalue weighted by Gasteiger charge is -2.31. The normalized spacial score (nSPS) is 12.7. The van der Waals surface area contributed by atoms with Crippen LogP contribution in [0.2, 0.25) is 5.15 Å². The number of nitrogens with one attached hydrogen (secondary N) is 2. The number of nitrogens with zero attached hydrogens (tertiary/aromatic N) is 1. The van der Waals surface area contributed by atoms with Crippen LogP contribution in [-0.4, -0.2) is 29.2 Å². The SMILES string of the molecule is O=C(Nc1cccc(C(=O)Nc2c(I)cc(C(F)(C(F)(F)F)C(F)(F)F)cc2C(F)(F)F)c1)c1ccc(Cl)nc1. The van der Waals surface area contributed by atoms with Gasteiger partial charge in [0.05, 0.1) is 16.8 Å². The summed E-state index contributed by atoms with van der Waals surface area (Å²) in [6, 6.07) is 6.57. The summed E-state index contributed by atoms with van der Waals surface area (Å²) in [6.07, 6.45) is -17.8. The van der Waals surface area contributed by atoms with Gasteiger partial charge in [-0.3, -0.25) is 9.59 Å². The largest absolute Gasteiger partial charge is 0.435 e. The molecule has 3 aromatic rings. The fourth-order valence-corrected chi connectivity index (χ4v) is 4.15. The molecule has 0 fully saturated rings. The lowest BCUT2D eigenvalue weighted by molar-refractivity contribution is -0.348. The Morgan fingerprint density at radius 3 is 1.90 bits per heavy atom. The van der Waals surface area contributed by atoms with E-state index in [1.165, 1.54) is 24.3 Å². The quantitative estimate of drug-likeness (QED) is 0.159. The fraction of sp³-hybridized carbons (Fsp3) is 0.174. The fourth-order valence-electron chi connectivity index (χ4n) is 3.28. The van der Waals surface area contributed by atoms with Crippen molar-refractivity contribution in [2.24, 2.45) is 0 Å². The maximum absolute atomic E-state index is 14.5. The van der Waals surface area contributed by atoms with Crippen molar-refractivity contribution >= 4 is 57.4 Å². The number of benzene rings is 2. The topological polar surface area (TPSA) is 71.1 Å². The minimum Gasteiger partial charge on any atom is -0.322 e. The Morgan fingerprint density at radius 2 is 1.38 bits per heavy atom. The van der Waals surface area contributed by atoms with Crippen molar-refractivity contribution in [3.05, 3.63) is 85.7 Å². The van der Waals surface area contributed by atoms with Gasteiger partial charge in [-0.15, -0.1) is 0 Å². The molecule has 17 heteroatoms. The van der Waals surface area contributed by atoms with Crippen LogP contribution in [-0.2, 0) is 11.8 Å². The van der Waals surface area contributed by atoms with Crippen LogP contribution < -0.4 is 10.6 Å². The molecule has 0 saturated heterocycles. The highest BCUT2D eigenvalue weighted by Gasteiger charge is 2.73. The molecule has 2 N–H and O–H groups in total. The maximum atomic E-state index is 14.5. The molecule has 1 heterocycles. The molecular weight excluding hydrogens is 703 g/mol. The molecule has 5 nitrogen and oxygen atoms in total. The van der Waals surface area contributed by atoms with Gasteiger partial charge < -0.3 is 10.6 Å². The summed E-state index contributed by atoms with van der Waals surface area (Å²) < 4.78 is 134. The lowest BCUT2D eigenvalue weighted by atomic mass is 9.92. The number of hydrogen-bond acceptors (Lipinski definition) is 3. The highest BCUT2D eigenvalue weighted by molar-refractivity contribution is 14.1. The van der Waals surface area contributed by atoms with Crippen molar-refractivity contribution in [2.75, 3.05) is 10.6 Å². The van der Waals surface area contributed by atoms with Crippen LogP contribution in [0.15, 0.2) is 54.7 Å². The molecule has 0 aliphatic heterocycles. The van der Waals surface area contributed by atoms with Crippen molar-refractivity contribution in [3.8, 4) is 0 Å². The molecule has 0 saturated carbocycles. The summed E-state index contributed by atoms with van der Waals surface area (Å²) in [5.74, 6) is -1.98. The Morgan fingerprint density at radius 1 is 0.775 bits per heavy atom. The molecule has 3 rings (SSSR count). The summed E-state index contributed by atoms with van der Waals surface area (Å²) in [5.41, 5.74) is -12.2. The van der Waals surface area contributed by atoms with Crippen LogP contribution in [0.4, 0.5) is 55.3 Å². The number of anilines is 2. The number of halogens is 12. The number of carbonyl (C=O) groups excluding carboxylic acids is 2. The zero-order valence-electron chi connectivity index (χ0n) is 19.0. The van der Waals surface area contributed by atoms with Crippen LogP contribution in [0.5, 0.6) is 0 Å². The number of amides is 2. The molecule has 0 aliphatic carbocycles. The number of pyridine rings is 1. The third-order valence-electron chi connectivity index (χ3n) is 5.19. The third-order valence-corrected chi connectivity index (χ3v) is 6.26. The second-order valence-electron chi connectivity index (χ2n) is 7.89. The first-order chi connectivity index (χ1) is 18.3. The smallest absolute Gasteiger partial charge is 0.322 e. The van der Waals surface area contributed by atoms with E-state index in [4.69, 9.17) is 11.6 Å². The molecule has 0 aliphatic rings. The second kappa shape index (κ2) is 11.0. The number of hydrogen-bond donors (Lipinski definition) is 2. The summed E-state index contributed by atoms with van der Waals surface area (Å²) >= 11 is 6.59. The molecule has 40 heavy (non-hydrogen) atoms. The Hall–Kier alpha value is -3.15. The average molecular weight is 714 g/mol. The van der Waals surface area contributed by atoms with E-state index in [1.807, 2.05) is 0 Å². The summed E-state index contributed by atoms with van der Waals surface area (Å²) in [5, 5.41) is 4.29. The Labute approximate surface area is 236 Å². The average Bonchev–Trinajstić information content (AvgIpc) is 2.83. The van der Waals surface area contributed by atoms with Crippen molar-refractivity contribution in [1.82, 2.24) is 4.98 Å². The van der Waals surface area contributed by atoms with Crippen LogP contribution in [0.3, 0.4) is 0 Å². The molecule has 2 amide bonds.